The lowest BCUT2D eigenvalue weighted by Crippen LogP contribution is -2.54. The fraction of sp³-hybridized carbons (Fsp3) is 0.190. The number of benzene rings is 2. The van der Waals surface area contributed by atoms with Crippen LogP contribution < -0.4 is 15.0 Å². The number of rotatable bonds is 4. The molecule has 0 bridgehead atoms. The molecule has 138 valence electrons. The highest BCUT2D eigenvalue weighted by atomic mass is 16.5. The van der Waals surface area contributed by atoms with Crippen molar-refractivity contribution in [1.29, 1.82) is 0 Å². The summed E-state index contributed by atoms with van der Waals surface area (Å²) in [4.78, 5) is 38.5. The fourth-order valence-corrected chi connectivity index (χ4v) is 2.78. The maximum atomic E-state index is 12.9. The van der Waals surface area contributed by atoms with E-state index in [2.05, 4.69) is 5.32 Å². The number of carbonyl (C=O) groups is 3. The van der Waals surface area contributed by atoms with Crippen LogP contribution in [0.1, 0.15) is 25.0 Å². The molecule has 1 aliphatic heterocycles. The third-order valence-corrected chi connectivity index (χ3v) is 3.94. The van der Waals surface area contributed by atoms with Gasteiger partial charge >= 0.3 is 6.03 Å². The molecule has 0 radical (unpaired) electrons. The molecule has 1 aliphatic rings. The third kappa shape index (κ3) is 3.89. The van der Waals surface area contributed by atoms with Crippen LogP contribution in [0.25, 0.3) is 6.08 Å². The molecule has 4 amide bonds. The summed E-state index contributed by atoms with van der Waals surface area (Å²) in [5, 5.41) is 2.23. The minimum atomic E-state index is -0.764. The Bertz CT molecular complexity index is 947. The highest BCUT2D eigenvalue weighted by Gasteiger charge is 2.37. The topological polar surface area (TPSA) is 75.7 Å². The van der Waals surface area contributed by atoms with Gasteiger partial charge in [-0.2, -0.15) is 0 Å². The molecule has 27 heavy (non-hydrogen) atoms. The number of amides is 4. The summed E-state index contributed by atoms with van der Waals surface area (Å²) in [7, 11) is 0. The summed E-state index contributed by atoms with van der Waals surface area (Å²) in [6, 6.07) is 13.3. The van der Waals surface area contributed by atoms with Crippen LogP contribution in [-0.4, -0.2) is 23.9 Å². The van der Waals surface area contributed by atoms with Crippen molar-refractivity contribution in [3.05, 3.63) is 65.2 Å². The molecule has 2 aromatic rings. The van der Waals surface area contributed by atoms with Crippen molar-refractivity contribution < 1.29 is 19.1 Å². The van der Waals surface area contributed by atoms with Gasteiger partial charge in [-0.25, -0.2) is 9.69 Å². The van der Waals surface area contributed by atoms with Crippen molar-refractivity contribution in [3.63, 3.8) is 0 Å². The Kier molecular flexibility index (Phi) is 5.07. The molecule has 1 saturated heterocycles. The van der Waals surface area contributed by atoms with Crippen molar-refractivity contribution in [2.24, 2.45) is 0 Å². The largest absolute Gasteiger partial charge is 0.490 e. The number of imide groups is 2. The number of urea groups is 1. The van der Waals surface area contributed by atoms with E-state index in [0.717, 1.165) is 10.5 Å². The zero-order valence-corrected chi connectivity index (χ0v) is 15.4. The number of barbiturate groups is 1. The van der Waals surface area contributed by atoms with Crippen LogP contribution in [0.15, 0.2) is 54.1 Å². The summed E-state index contributed by atoms with van der Waals surface area (Å²) in [5.74, 6) is -0.846. The molecule has 1 heterocycles. The van der Waals surface area contributed by atoms with Gasteiger partial charge in [0.05, 0.1) is 11.8 Å². The Labute approximate surface area is 157 Å². The second kappa shape index (κ2) is 7.45. The van der Waals surface area contributed by atoms with Gasteiger partial charge in [0.2, 0.25) is 0 Å². The lowest BCUT2D eigenvalue weighted by atomic mass is 10.1. The number of nitrogens with zero attached hydrogens (tertiary/aromatic N) is 1. The molecule has 0 aliphatic carbocycles. The predicted octanol–water partition coefficient (Wildman–Crippen LogP) is 3.45. The van der Waals surface area contributed by atoms with E-state index in [-0.39, 0.29) is 11.7 Å². The van der Waals surface area contributed by atoms with Gasteiger partial charge in [-0.3, -0.25) is 14.9 Å². The van der Waals surface area contributed by atoms with E-state index in [1.54, 1.807) is 36.4 Å². The number of aryl methyl sites for hydroxylation is 1. The Morgan fingerprint density at radius 1 is 1.04 bits per heavy atom. The zero-order chi connectivity index (χ0) is 19.6. The summed E-state index contributed by atoms with van der Waals surface area (Å²) >= 11 is 0. The van der Waals surface area contributed by atoms with E-state index in [0.29, 0.717) is 17.0 Å². The smallest absolute Gasteiger partial charge is 0.335 e. The Hall–Kier alpha value is -3.41. The quantitative estimate of drug-likeness (QED) is 0.666. The molecule has 3 rings (SSSR count). The van der Waals surface area contributed by atoms with Gasteiger partial charge in [-0.05, 0) is 50.6 Å². The van der Waals surface area contributed by atoms with E-state index in [9.17, 15) is 14.4 Å². The van der Waals surface area contributed by atoms with E-state index >= 15 is 0 Å². The zero-order valence-electron chi connectivity index (χ0n) is 15.4. The first kappa shape index (κ1) is 18.4. The molecular weight excluding hydrogens is 344 g/mol. The van der Waals surface area contributed by atoms with E-state index in [1.165, 1.54) is 6.08 Å². The molecule has 0 atom stereocenters. The van der Waals surface area contributed by atoms with Crippen molar-refractivity contribution in [2.45, 2.75) is 26.9 Å². The molecular formula is C21H20N2O4. The summed E-state index contributed by atoms with van der Waals surface area (Å²) in [6.07, 6.45) is 1.38. The number of hydrogen-bond acceptors (Lipinski definition) is 4. The number of para-hydroxylation sites is 1. The highest BCUT2D eigenvalue weighted by Crippen LogP contribution is 2.26. The van der Waals surface area contributed by atoms with Crippen LogP contribution in [0.3, 0.4) is 0 Å². The summed E-state index contributed by atoms with van der Waals surface area (Å²) in [5.41, 5.74) is 1.76. The maximum Gasteiger partial charge on any atom is 0.335 e. The van der Waals surface area contributed by atoms with E-state index in [1.807, 2.05) is 32.9 Å². The number of nitrogens with one attached hydrogen (secondary N) is 1. The minimum Gasteiger partial charge on any atom is -0.490 e. The SMILES string of the molecule is Cc1cccc(N2C(=O)NC(=O)/C(=C\c3ccccc3OC(C)C)C2=O)c1. The van der Waals surface area contributed by atoms with Crippen LogP contribution in [0.4, 0.5) is 10.5 Å². The standard InChI is InChI=1S/C21H20N2O4/c1-13(2)27-18-10-5-4-8-15(18)12-17-19(24)22-21(26)23(20(17)25)16-9-6-7-14(3)11-16/h4-13H,1-3H3,(H,22,24,26)/b17-12+. The second-order valence-electron chi connectivity index (χ2n) is 6.50. The molecule has 0 saturated carbocycles. The molecule has 2 aromatic carbocycles. The number of hydrogen-bond donors (Lipinski definition) is 1. The minimum absolute atomic E-state index is 0.0641. The number of carbonyl (C=O) groups excluding carboxylic acids is 3. The lowest BCUT2D eigenvalue weighted by molar-refractivity contribution is -0.122. The van der Waals surface area contributed by atoms with Gasteiger partial charge in [-0.15, -0.1) is 0 Å². The highest BCUT2D eigenvalue weighted by molar-refractivity contribution is 6.39. The first-order chi connectivity index (χ1) is 12.9. The third-order valence-electron chi connectivity index (χ3n) is 3.94. The van der Waals surface area contributed by atoms with Gasteiger partial charge in [0.25, 0.3) is 11.8 Å². The van der Waals surface area contributed by atoms with Crippen molar-refractivity contribution in [1.82, 2.24) is 5.32 Å². The van der Waals surface area contributed by atoms with Gasteiger partial charge < -0.3 is 4.74 Å². The van der Waals surface area contributed by atoms with Gasteiger partial charge in [0.15, 0.2) is 0 Å². The van der Waals surface area contributed by atoms with Crippen molar-refractivity contribution in [2.75, 3.05) is 4.90 Å². The average Bonchev–Trinajstić information content (AvgIpc) is 2.59. The van der Waals surface area contributed by atoms with Gasteiger partial charge in [0.1, 0.15) is 11.3 Å². The van der Waals surface area contributed by atoms with E-state index in [4.69, 9.17) is 4.74 Å². The summed E-state index contributed by atoms with van der Waals surface area (Å²) in [6.45, 7) is 5.64. The molecule has 6 nitrogen and oxygen atoms in total. The average molecular weight is 364 g/mol. The first-order valence-corrected chi connectivity index (χ1v) is 8.60. The monoisotopic (exact) mass is 364 g/mol. The van der Waals surface area contributed by atoms with Crippen molar-refractivity contribution in [3.8, 4) is 5.75 Å². The fourth-order valence-electron chi connectivity index (χ4n) is 2.78. The Morgan fingerprint density at radius 2 is 1.78 bits per heavy atom. The molecule has 6 heteroatoms. The number of ether oxygens (including phenoxy) is 1. The van der Waals surface area contributed by atoms with Crippen LogP contribution in [0.5, 0.6) is 5.75 Å². The summed E-state index contributed by atoms with van der Waals surface area (Å²) < 4.78 is 5.74. The van der Waals surface area contributed by atoms with Crippen LogP contribution >= 0.6 is 0 Å². The van der Waals surface area contributed by atoms with Crippen LogP contribution in [-0.2, 0) is 9.59 Å². The molecule has 0 aromatic heterocycles. The second-order valence-corrected chi connectivity index (χ2v) is 6.50. The Balaban J connectivity index is 2.03. The van der Waals surface area contributed by atoms with Crippen molar-refractivity contribution >= 4 is 29.6 Å². The number of anilines is 1. The van der Waals surface area contributed by atoms with Crippen LogP contribution in [0, 0.1) is 6.92 Å². The molecule has 1 fully saturated rings. The Morgan fingerprint density at radius 3 is 2.48 bits per heavy atom. The maximum absolute atomic E-state index is 12.9. The van der Waals surface area contributed by atoms with Gasteiger partial charge in [-0.1, -0.05) is 30.3 Å². The van der Waals surface area contributed by atoms with E-state index < -0.39 is 17.8 Å². The van der Waals surface area contributed by atoms with Gasteiger partial charge in [0, 0.05) is 5.56 Å². The predicted molar refractivity (Wildman–Crippen MR) is 102 cm³/mol. The molecule has 0 spiro atoms. The van der Waals surface area contributed by atoms with Crippen LogP contribution in [0.2, 0.25) is 0 Å². The molecule has 1 N–H and O–H groups in total. The molecule has 0 unspecified atom stereocenters. The normalized spacial score (nSPS) is 16.1. The first-order valence-electron chi connectivity index (χ1n) is 8.60. The lowest BCUT2D eigenvalue weighted by Gasteiger charge is -2.26.